The van der Waals surface area contributed by atoms with Crippen LogP contribution in [-0.2, 0) is 112 Å². The molecule has 0 bridgehead atoms. The first kappa shape index (κ1) is 106. The smallest absolute Gasteiger partial charge is 0.303 e. The second kappa shape index (κ2) is 51.1. The highest BCUT2D eigenvalue weighted by Crippen LogP contribution is 2.30. The number of rotatable bonds is 27. The van der Waals surface area contributed by atoms with Crippen molar-refractivity contribution in [3.8, 4) is 5.75 Å². The van der Waals surface area contributed by atoms with Gasteiger partial charge in [0.05, 0.1) is 43.7 Å². The number of primary amides is 2. The fraction of sp³-hybridized carbons (Fsp3) is 0.527. The Kier molecular flexibility index (Phi) is 40.4. The summed E-state index contributed by atoms with van der Waals surface area (Å²) >= 11 is 0.785. The number of phenolic OH excluding ortho intramolecular Hbond substituents is 1. The Labute approximate surface area is 779 Å². The van der Waals surface area contributed by atoms with Crippen molar-refractivity contribution < 1.29 is 102 Å². The van der Waals surface area contributed by atoms with Crippen LogP contribution < -0.4 is 65.1 Å². The van der Waals surface area contributed by atoms with Crippen molar-refractivity contribution in [3.05, 3.63) is 120 Å². The van der Waals surface area contributed by atoms with Crippen molar-refractivity contribution >= 4 is 140 Å². The number of likely N-dealkylation sites (N-methyl/N-ethyl adjacent to an activating group) is 4. The number of aliphatic hydroxyl groups is 1. The summed E-state index contributed by atoms with van der Waals surface area (Å²) in [6, 6.07) is 1.10. The van der Waals surface area contributed by atoms with Gasteiger partial charge < -0.3 is 120 Å². The molecule has 16 amide bonds. The van der Waals surface area contributed by atoms with E-state index < -0.39 is 260 Å². The summed E-state index contributed by atoms with van der Waals surface area (Å²) in [5, 5.41) is 56.7. The van der Waals surface area contributed by atoms with Crippen molar-refractivity contribution in [2.45, 2.75) is 229 Å². The minimum Gasteiger partial charge on any atom is -0.508 e. The maximum atomic E-state index is 15.8. The molecular formula is C91H127N21O21S. The van der Waals surface area contributed by atoms with Gasteiger partial charge in [-0.1, -0.05) is 102 Å². The van der Waals surface area contributed by atoms with Crippen molar-refractivity contribution in [1.29, 1.82) is 0 Å². The third-order valence-corrected chi connectivity index (χ3v) is 24.8. The van der Waals surface area contributed by atoms with E-state index in [2.05, 4.69) is 67.8 Å². The third-order valence-electron chi connectivity index (χ3n) is 23.8. The average molecular weight is 1880 g/mol. The number of nitrogens with one attached hydrogen (secondary N) is 12. The molecule has 0 spiro atoms. The number of carbonyl (C=O) groups excluding carboxylic acids is 17. The number of aromatic hydroxyl groups is 1. The summed E-state index contributed by atoms with van der Waals surface area (Å²) in [5.41, 5.74) is 20.4. The van der Waals surface area contributed by atoms with Crippen LogP contribution in [0.3, 0.4) is 0 Å². The van der Waals surface area contributed by atoms with Crippen LogP contribution in [0.4, 0.5) is 0 Å². The molecule has 2 aliphatic heterocycles. The molecule has 14 atom stereocenters. The Bertz CT molecular complexity index is 5140. The van der Waals surface area contributed by atoms with Crippen molar-refractivity contribution in [2.75, 3.05) is 65.4 Å². The number of benzene rings is 3. The largest absolute Gasteiger partial charge is 0.508 e. The molecule has 3 aromatic carbocycles. The number of carbonyl (C=O) groups is 18. The van der Waals surface area contributed by atoms with Gasteiger partial charge in [0.1, 0.15) is 72.2 Å². The number of nitrogens with zero attached hydrogens (tertiary/aromatic N) is 6. The second-order valence-electron chi connectivity index (χ2n) is 34.4. The number of aliphatic hydroxyl groups excluding tert-OH is 1. The lowest BCUT2D eigenvalue weighted by molar-refractivity contribution is -0.149. The van der Waals surface area contributed by atoms with Gasteiger partial charge in [0, 0.05) is 131 Å². The number of carboxylic acids is 1. The topological polar surface area (TPSA) is 631 Å². The molecule has 43 heteroatoms. The fourth-order valence-corrected chi connectivity index (χ4v) is 17.1. The number of hydrogen-bond donors (Lipinski definition) is 18. The van der Waals surface area contributed by atoms with E-state index >= 15 is 33.6 Å². The number of imidazole rings is 1. The Morgan fingerprint density at radius 1 is 0.575 bits per heavy atom. The highest BCUT2D eigenvalue weighted by molar-refractivity contribution is 8.00. The molecule has 21 N–H and O–H groups in total. The van der Waals surface area contributed by atoms with E-state index in [1.807, 2.05) is 13.8 Å². The molecule has 2 saturated heterocycles. The summed E-state index contributed by atoms with van der Waals surface area (Å²) in [5.74, 6) is -20.2. The number of fused-ring (bicyclic) bond motifs is 3. The van der Waals surface area contributed by atoms with Gasteiger partial charge in [0.15, 0.2) is 5.78 Å². The number of aliphatic carboxylic acids is 1. The monoisotopic (exact) mass is 1880 g/mol. The molecule has 728 valence electrons. The quantitative estimate of drug-likeness (QED) is 0.0293. The normalized spacial score (nSPS) is 24.0. The maximum Gasteiger partial charge on any atom is 0.303 e. The average Bonchev–Trinajstić information content (AvgIpc) is 1.63. The molecule has 2 aliphatic rings. The highest BCUT2D eigenvalue weighted by atomic mass is 32.2. The Morgan fingerprint density at radius 2 is 1.14 bits per heavy atom. The zero-order valence-electron chi connectivity index (χ0n) is 76.9. The van der Waals surface area contributed by atoms with E-state index in [0.717, 1.165) is 26.5 Å². The van der Waals surface area contributed by atoms with E-state index in [-0.39, 0.29) is 75.4 Å². The SMILES string of the molecule is CCCC[C@H]1C(=O)N(C)[C@@H](CCCC)C(=O)N[C@@H](CC(C)C)C(=O)N[C@H](C(=O)NCC(N)=O)CSCC(=O)N[C@@H](Cc2ccc(O)cc2)C(=O)N(C)[C@@H](C)C(=O)N[C@@H](CC(N)=O)C(=O)N(CC)CC(=O)N[C@@H](Cc2cnc[nH]2)C(=O)N[C@@H](CCC(=O)O)C(=O)N2C[C@H](O)C[C@H]2C(=O)C[C@@H](Cc2c[nH]c3ccccc23)C(=O)N[C@@H](CCN)C(=O)N[C@@H](Cc2c[nH]c3ccccc23)C(=O)N1C. The van der Waals surface area contributed by atoms with Crippen LogP contribution in [0.25, 0.3) is 21.8 Å². The van der Waals surface area contributed by atoms with Crippen molar-refractivity contribution in [3.63, 3.8) is 0 Å². The first-order valence-electron chi connectivity index (χ1n) is 44.9. The summed E-state index contributed by atoms with van der Waals surface area (Å²) in [6.45, 7) is 7.25. The third kappa shape index (κ3) is 30.4. The molecule has 2 fully saturated rings. The summed E-state index contributed by atoms with van der Waals surface area (Å²) in [4.78, 5) is 280. The maximum absolute atomic E-state index is 15.8. The summed E-state index contributed by atoms with van der Waals surface area (Å²) in [7, 11) is 3.96. The van der Waals surface area contributed by atoms with Crippen LogP contribution in [-0.4, -0.2) is 310 Å². The van der Waals surface area contributed by atoms with Crippen LogP contribution in [0.2, 0.25) is 0 Å². The zero-order chi connectivity index (χ0) is 98.3. The number of para-hydroxylation sites is 2. The Hall–Kier alpha value is -13.3. The Morgan fingerprint density at radius 3 is 1.74 bits per heavy atom. The summed E-state index contributed by atoms with van der Waals surface area (Å²) < 4.78 is 0. The molecule has 0 radical (unpaired) electrons. The molecular weight excluding hydrogens is 1760 g/mol. The van der Waals surface area contributed by atoms with Crippen LogP contribution in [0.15, 0.2) is 97.7 Å². The first-order valence-corrected chi connectivity index (χ1v) is 46.1. The van der Waals surface area contributed by atoms with Crippen LogP contribution in [0.1, 0.15) is 147 Å². The van der Waals surface area contributed by atoms with Gasteiger partial charge in [-0.05, 0) is 106 Å². The number of phenols is 1. The van der Waals surface area contributed by atoms with Crippen molar-refractivity contribution in [2.24, 2.45) is 29.0 Å². The number of thioether (sulfide) groups is 1. The van der Waals surface area contributed by atoms with Crippen LogP contribution in [0.5, 0.6) is 5.75 Å². The van der Waals surface area contributed by atoms with E-state index in [9.17, 15) is 68.1 Å². The molecule has 5 heterocycles. The molecule has 0 unspecified atom stereocenters. The predicted octanol–water partition coefficient (Wildman–Crippen LogP) is -1.02. The number of carboxylic acid groups (broad SMARTS) is 1. The molecule has 134 heavy (non-hydrogen) atoms. The standard InChI is InChI=1S/C91H127N21O21S/c1-10-13-23-71-86(128)104-65(33-50(4)5)84(126)107-70(82(124)98-44-76(94)117)47-134-48-78(119)101-67(34-52-25-27-57(113)28-26-52)87(129)108(7)51(6)80(122)105-69(40-75(93)116)89(131)111(12-3)46-77(118)100-66(38-56-43-95-49-99-56)85(127)103-64(29-30-79(120)121)90(132)112-45-58(114)39-73(112)74(115)37-53(35-54-41-96-61-21-17-15-19-59(54)61)81(123)102-63(31-32-92)83(125)106-68(36-55-42-97-62-22-18-16-20-60(55)62)88(130)110(9)72(24-14-11-2)91(133)109(71)8/h15-22,25-28,41-43,49-51,53,58,63-73,96-97,113-114H,10-14,23-24,29-40,44-48,92H2,1-9H3,(H2,93,116)(H2,94,117)(H,95,99)(H,98,124)(H,100,118)(H,101,119)(H,102,123)(H,103,127)(H,104,128)(H,105,122)(H,106,125)(H,107,126)(H,120,121)/t51-,53+,58+,63-,64-,65-,66-,67-,68-,69-,70-,71-,72-,73-/m0/s1. The number of hydrogen-bond acceptors (Lipinski definition) is 23. The van der Waals surface area contributed by atoms with Crippen LogP contribution in [0, 0.1) is 11.8 Å². The molecule has 42 nitrogen and oxygen atoms in total. The van der Waals surface area contributed by atoms with Gasteiger partial charge in [-0.25, -0.2) is 4.98 Å². The van der Waals surface area contributed by atoms with Gasteiger partial charge in [-0.3, -0.25) is 86.3 Å². The van der Waals surface area contributed by atoms with Gasteiger partial charge in [0.25, 0.3) is 0 Å². The van der Waals surface area contributed by atoms with E-state index in [0.29, 0.717) is 64.2 Å². The molecule has 8 rings (SSSR count). The number of nitrogens with two attached hydrogens (primary N) is 3. The van der Waals surface area contributed by atoms with Gasteiger partial charge in [-0.15, -0.1) is 11.8 Å². The lowest BCUT2D eigenvalue weighted by Gasteiger charge is -2.36. The highest BCUT2D eigenvalue weighted by Gasteiger charge is 2.46. The first-order chi connectivity index (χ1) is 63.7. The van der Waals surface area contributed by atoms with Gasteiger partial charge in [-0.2, -0.15) is 0 Å². The lowest BCUT2D eigenvalue weighted by atomic mass is 9.90. The predicted molar refractivity (Wildman–Crippen MR) is 493 cm³/mol. The number of unbranched alkanes of at least 4 members (excludes halogenated alkanes) is 2. The second-order valence-corrected chi connectivity index (χ2v) is 35.4. The van der Waals surface area contributed by atoms with Gasteiger partial charge in [0.2, 0.25) is 94.5 Å². The number of aromatic amines is 3. The van der Waals surface area contributed by atoms with Crippen LogP contribution >= 0.6 is 11.8 Å². The molecule has 0 saturated carbocycles. The zero-order valence-corrected chi connectivity index (χ0v) is 77.7. The lowest BCUT2D eigenvalue weighted by Crippen LogP contribution is -2.60. The van der Waals surface area contributed by atoms with E-state index in [1.54, 1.807) is 74.8 Å². The molecule has 0 aliphatic carbocycles. The minimum atomic E-state index is -1.83. The van der Waals surface area contributed by atoms with Crippen molar-refractivity contribution in [1.82, 2.24) is 92.3 Å². The molecule has 3 aromatic heterocycles. The summed E-state index contributed by atoms with van der Waals surface area (Å²) in [6.07, 6.45) is 1.47. The fourth-order valence-electron chi connectivity index (χ4n) is 16.3. The minimum absolute atomic E-state index is 0.0280. The number of H-pyrrole nitrogens is 3. The van der Waals surface area contributed by atoms with E-state index in [1.165, 1.54) is 81.6 Å². The number of Topliss-reactive ketones (excluding diaryl/α,β-unsaturated/α-hetero) is 1. The molecule has 6 aromatic rings. The van der Waals surface area contributed by atoms with Gasteiger partial charge >= 0.3 is 5.97 Å². The Balaban J connectivity index is 1.20. The number of amides is 16. The number of ketones is 1. The number of aromatic nitrogens is 4. The van der Waals surface area contributed by atoms with E-state index in [4.69, 9.17) is 17.2 Å².